The summed E-state index contributed by atoms with van der Waals surface area (Å²) in [6, 6.07) is 8.30. The SMILES string of the molecule is CCC(=O)N[C@H](Cc1c[nH]c2ccccc12)C(=O)N(C)[C@@H](CO)C(=O)NCC(=O)N[C@@H](CC(=O)O)C(=O)N1CCC[C@H]1C(=O)N(C)[C@@H](C)C(=O)N[C@@H](CC(=O)O)C(=O)N[C@H](C(=O)N(C)[C@@H](CO)C(=O)NCC(=O)N[C@@H](CCCNC(=N)N)C(=O)N(C)[C@@H](Cc1ccccc1)C(=O)N(C)CC(=O)N[C@@H](Cc1ccc(O)cc1)C(=O)N(C)[C@@H](Cc1ccccc1)C(=O)N1CCC[C@H]1C(=O)N[C@@H](CS)C(=O)NCC(N)=O)C(C)C. The molecule has 49 nitrogen and oxygen atoms in total. The van der Waals surface area contributed by atoms with Crippen LogP contribution in [0.3, 0.4) is 0 Å². The summed E-state index contributed by atoms with van der Waals surface area (Å²) in [5.74, 6) is -22.6. The summed E-state index contributed by atoms with van der Waals surface area (Å²) in [5.41, 5.74) is 13.7. The number of primary amides is 1. The fourth-order valence-electron chi connectivity index (χ4n) is 16.7. The lowest BCUT2D eigenvalue weighted by Gasteiger charge is -2.35. The van der Waals surface area contributed by atoms with Crippen molar-refractivity contribution in [2.45, 2.75) is 196 Å². The molecular weight excluding hydrogens is 1920 g/mol. The van der Waals surface area contributed by atoms with Crippen molar-refractivity contribution < 1.29 is 126 Å². The Labute approximate surface area is 847 Å². The van der Waals surface area contributed by atoms with E-state index in [1.165, 1.54) is 78.1 Å². The number of aliphatic hydroxyl groups is 2. The van der Waals surface area contributed by atoms with Crippen LogP contribution in [-0.4, -0.2) is 392 Å². The van der Waals surface area contributed by atoms with Gasteiger partial charge in [-0.3, -0.25) is 106 Å². The number of guanidine groups is 1. The monoisotopic (exact) mass is 2060 g/mol. The van der Waals surface area contributed by atoms with Crippen LogP contribution in [0.5, 0.6) is 5.75 Å². The largest absolute Gasteiger partial charge is 0.508 e. The number of aliphatic carboxylic acids is 2. The van der Waals surface area contributed by atoms with Gasteiger partial charge >= 0.3 is 11.9 Å². The maximum absolute atomic E-state index is 15.3. The number of nitrogens with one attached hydrogen (secondary N) is 13. The molecule has 22 N–H and O–H groups in total. The fourth-order valence-corrected chi connectivity index (χ4v) is 16.9. The number of para-hydroxylation sites is 1. The van der Waals surface area contributed by atoms with E-state index in [1.54, 1.807) is 98.0 Å². The first kappa shape index (κ1) is 118. The molecule has 0 unspecified atom stereocenters. The molecule has 0 bridgehead atoms. The van der Waals surface area contributed by atoms with Gasteiger partial charge < -0.3 is 140 Å². The molecule has 19 amide bonds. The Bertz CT molecular complexity index is 5510. The van der Waals surface area contributed by atoms with E-state index in [-0.39, 0.29) is 95.3 Å². The predicted molar refractivity (Wildman–Crippen MR) is 528 cm³/mol. The number of thiol groups is 1. The molecular formula is C96H133N23O26S. The van der Waals surface area contributed by atoms with Crippen LogP contribution in [0.15, 0.2) is 115 Å². The zero-order valence-corrected chi connectivity index (χ0v) is 83.8. The minimum absolute atomic E-state index is 0.0000344. The van der Waals surface area contributed by atoms with Gasteiger partial charge in [0.2, 0.25) is 112 Å². The zero-order valence-electron chi connectivity index (χ0n) is 82.9. The van der Waals surface area contributed by atoms with Gasteiger partial charge in [-0.15, -0.1) is 0 Å². The quantitative estimate of drug-likeness (QED) is 0.00746. The van der Waals surface area contributed by atoms with E-state index < -0.39 is 273 Å². The zero-order chi connectivity index (χ0) is 108. The molecule has 14 atom stereocenters. The number of fused-ring (bicyclic) bond motifs is 1. The van der Waals surface area contributed by atoms with Crippen molar-refractivity contribution in [3.05, 3.63) is 138 Å². The second-order valence-corrected chi connectivity index (χ2v) is 36.3. The number of nitrogens with zero attached hydrogens (tertiary/aromatic N) is 8. The summed E-state index contributed by atoms with van der Waals surface area (Å²) in [6.45, 7) is 0.194. The molecule has 794 valence electrons. The molecule has 3 heterocycles. The molecule has 5 aromatic rings. The Morgan fingerprint density at radius 3 is 1.49 bits per heavy atom. The molecule has 2 aliphatic rings. The number of phenolic OH excluding ortho intramolecular Hbond substituents is 1. The van der Waals surface area contributed by atoms with Crippen LogP contribution in [0.2, 0.25) is 0 Å². The molecule has 2 saturated heterocycles. The highest BCUT2D eigenvalue weighted by molar-refractivity contribution is 7.80. The molecule has 2 fully saturated rings. The number of nitrogens with two attached hydrogens (primary N) is 2. The minimum Gasteiger partial charge on any atom is -0.508 e. The van der Waals surface area contributed by atoms with Crippen LogP contribution in [0, 0.1) is 11.3 Å². The van der Waals surface area contributed by atoms with E-state index >= 15 is 19.2 Å². The Hall–Kier alpha value is -15.4. The van der Waals surface area contributed by atoms with E-state index in [1.807, 2.05) is 0 Å². The summed E-state index contributed by atoms with van der Waals surface area (Å²) in [6.07, 6.45) is -0.733. The van der Waals surface area contributed by atoms with Gasteiger partial charge in [0.1, 0.15) is 90.3 Å². The number of H-pyrrole nitrogens is 1. The number of carbonyl (C=O) groups excluding carboxylic acids is 19. The normalized spacial score (nSPS) is 15.6. The Balaban J connectivity index is 0.992. The summed E-state index contributed by atoms with van der Waals surface area (Å²) in [4.78, 5) is 303. The number of likely N-dealkylation sites (tertiary alicyclic amines) is 2. The van der Waals surface area contributed by atoms with E-state index in [4.69, 9.17) is 16.9 Å². The number of hydrogen-bond donors (Lipinski definition) is 21. The summed E-state index contributed by atoms with van der Waals surface area (Å²) < 4.78 is 0. The average molecular weight is 2060 g/mol. The first-order valence-electron chi connectivity index (χ1n) is 47.3. The third-order valence-electron chi connectivity index (χ3n) is 25.1. The fraction of sp³-hybridized carbons (Fsp3) is 0.500. The van der Waals surface area contributed by atoms with Crippen LogP contribution in [0.4, 0.5) is 0 Å². The first-order valence-corrected chi connectivity index (χ1v) is 47.9. The van der Waals surface area contributed by atoms with Gasteiger partial charge in [0.05, 0.1) is 52.2 Å². The molecule has 0 saturated carbocycles. The number of carboxylic acid groups (broad SMARTS) is 2. The topological polar surface area (TPSA) is 710 Å². The second-order valence-electron chi connectivity index (χ2n) is 35.9. The van der Waals surface area contributed by atoms with Gasteiger partial charge in [-0.1, -0.05) is 112 Å². The second kappa shape index (κ2) is 56.6. The maximum atomic E-state index is 15.3. The standard InChI is InChI=1S/C96H133N23O26S/c1-11-75(124)106-65(42-58-45-101-61-28-19-18-27-60(58)61)90(140)116(9)72(50-120)85(135)104-48-77(126)107-66(44-80(130)131)91(141)119-38-22-31-69(119)93(143)113(6)54(4)82(132)109-63(43-79(128)129)84(134)111-81(53(2)3)95(145)117(10)73(51-121)86(136)103-47-76(125)105-62(29-20-36-100-96(98)99)88(138)114(7)70(40-55-23-14-12-15-24-55)92(142)112(5)49-78(127)108-64(39-57-32-34-59(122)35-33-57)89(139)115(8)71(41-56-25-16-13-17-26-56)94(144)118-37-21-30-68(118)87(137)110-67(52-146)83(133)102-46-74(97)123/h12-19,23-28,32-35,45,53-54,62-73,81,101,120-122,146H,11,20-22,29-31,36-44,46-52H2,1-10H3,(H2,97,123)(H,102,133)(H,103,136)(H,104,135)(H,105,125)(H,106,124)(H,107,126)(H,108,127)(H,109,132)(H,110,137)(H,111,134)(H,128,129)(H,130,131)(H4,98,99,100)/t54-,62-,63-,64-,65+,66-,67-,68-,69-,70-,71-,72-,73-,81-/m0/s1. The van der Waals surface area contributed by atoms with Gasteiger partial charge in [0.25, 0.3) is 0 Å². The Morgan fingerprint density at radius 1 is 0.473 bits per heavy atom. The number of benzene rings is 4. The summed E-state index contributed by atoms with van der Waals surface area (Å²) >= 11 is 4.21. The predicted octanol–water partition coefficient (Wildman–Crippen LogP) is -5.84. The van der Waals surface area contributed by atoms with Crippen molar-refractivity contribution in [2.24, 2.45) is 17.4 Å². The molecule has 4 aromatic carbocycles. The van der Waals surface area contributed by atoms with Crippen LogP contribution in [-0.2, 0) is 126 Å². The number of phenols is 1. The molecule has 0 spiro atoms. The van der Waals surface area contributed by atoms with E-state index in [9.17, 15) is 107 Å². The van der Waals surface area contributed by atoms with Crippen LogP contribution >= 0.6 is 12.6 Å². The van der Waals surface area contributed by atoms with Crippen molar-refractivity contribution in [1.82, 2.24) is 103 Å². The average Bonchev–Trinajstić information content (AvgIpc) is 1.55. The van der Waals surface area contributed by atoms with Crippen molar-refractivity contribution in [1.29, 1.82) is 5.41 Å². The lowest BCUT2D eigenvalue weighted by Crippen LogP contribution is -2.61. The summed E-state index contributed by atoms with van der Waals surface area (Å²) in [7, 11) is 7.23. The number of aromatic nitrogens is 1. The van der Waals surface area contributed by atoms with Crippen LogP contribution in [0.1, 0.15) is 108 Å². The third kappa shape index (κ3) is 33.9. The number of hydrogen-bond acceptors (Lipinski definition) is 26. The molecule has 1 aromatic heterocycles. The van der Waals surface area contributed by atoms with E-state index in [2.05, 4.69) is 76.1 Å². The van der Waals surface area contributed by atoms with Crippen LogP contribution in [0.25, 0.3) is 10.9 Å². The number of aliphatic hydroxyl groups excluding tert-OH is 2. The minimum atomic E-state index is -2.01. The number of aromatic amines is 1. The Kier molecular flexibility index (Phi) is 45.6. The smallest absolute Gasteiger partial charge is 0.305 e. The van der Waals surface area contributed by atoms with Crippen molar-refractivity contribution in [3.8, 4) is 5.75 Å². The summed E-state index contributed by atoms with van der Waals surface area (Å²) in [5, 5.41) is 86.8. The number of amides is 19. The Morgan fingerprint density at radius 2 is 0.952 bits per heavy atom. The number of likely N-dealkylation sites (N-methyl/N-ethyl adjacent to an activating group) is 6. The van der Waals surface area contributed by atoms with Crippen molar-refractivity contribution in [2.75, 3.05) is 107 Å². The molecule has 2 aliphatic heterocycles. The van der Waals surface area contributed by atoms with Gasteiger partial charge in [0, 0.05) is 117 Å². The van der Waals surface area contributed by atoms with Crippen molar-refractivity contribution in [3.63, 3.8) is 0 Å². The maximum Gasteiger partial charge on any atom is 0.305 e. The molecule has 0 aliphatic carbocycles. The highest BCUT2D eigenvalue weighted by atomic mass is 32.1. The first-order chi connectivity index (χ1) is 69.1. The van der Waals surface area contributed by atoms with E-state index in [0.717, 1.165) is 54.4 Å². The number of rotatable bonds is 55. The van der Waals surface area contributed by atoms with Gasteiger partial charge in [-0.2, -0.15) is 12.6 Å². The molecule has 0 radical (unpaired) electrons. The van der Waals surface area contributed by atoms with Crippen LogP contribution < -0.4 is 70.0 Å². The molecule has 146 heavy (non-hydrogen) atoms. The third-order valence-corrected chi connectivity index (χ3v) is 25.4. The lowest BCUT2D eigenvalue weighted by atomic mass is 10.00. The van der Waals surface area contributed by atoms with Gasteiger partial charge in [0.15, 0.2) is 5.96 Å². The van der Waals surface area contributed by atoms with Crippen molar-refractivity contribution >= 4 is 154 Å². The number of carboxylic acids is 2. The molecule has 50 heteroatoms. The van der Waals surface area contributed by atoms with Gasteiger partial charge in [-0.25, -0.2) is 0 Å². The lowest BCUT2D eigenvalue weighted by molar-refractivity contribution is -0.150. The number of aromatic hydroxyl groups is 1. The highest BCUT2D eigenvalue weighted by Gasteiger charge is 2.46. The van der Waals surface area contributed by atoms with E-state index in [0.29, 0.717) is 33.6 Å². The van der Waals surface area contributed by atoms with Gasteiger partial charge in [-0.05, 0) is 91.8 Å². The molecule has 7 rings (SSSR count). The highest BCUT2D eigenvalue weighted by Crippen LogP contribution is 2.27. The number of carbonyl (C=O) groups is 21.